The Kier molecular flexibility index (Phi) is 3.07. The summed E-state index contributed by atoms with van der Waals surface area (Å²) >= 11 is 0. The summed E-state index contributed by atoms with van der Waals surface area (Å²) in [5.41, 5.74) is 9.24. The SMILES string of the molecule is Cc1c(N)ncnc1OC1CCCc2ccccc21. The Morgan fingerprint density at radius 3 is 3.00 bits per heavy atom. The Labute approximate surface area is 112 Å². The minimum absolute atomic E-state index is 0.0675. The monoisotopic (exact) mass is 255 g/mol. The van der Waals surface area contributed by atoms with E-state index in [0.29, 0.717) is 11.7 Å². The maximum atomic E-state index is 6.06. The largest absolute Gasteiger partial charge is 0.469 e. The second kappa shape index (κ2) is 4.88. The van der Waals surface area contributed by atoms with E-state index in [0.717, 1.165) is 24.8 Å². The van der Waals surface area contributed by atoms with Crippen molar-refractivity contribution in [3.05, 3.63) is 47.3 Å². The Morgan fingerprint density at radius 1 is 1.26 bits per heavy atom. The van der Waals surface area contributed by atoms with Gasteiger partial charge in [0.25, 0.3) is 0 Å². The van der Waals surface area contributed by atoms with Crippen molar-refractivity contribution >= 4 is 5.82 Å². The number of anilines is 1. The molecule has 0 saturated heterocycles. The molecule has 1 aromatic carbocycles. The molecule has 0 amide bonds. The van der Waals surface area contributed by atoms with E-state index in [1.807, 2.05) is 6.92 Å². The molecule has 1 aliphatic carbocycles. The number of aromatic nitrogens is 2. The van der Waals surface area contributed by atoms with Crippen LogP contribution in [0.4, 0.5) is 5.82 Å². The third kappa shape index (κ3) is 2.26. The smallest absolute Gasteiger partial charge is 0.222 e. The van der Waals surface area contributed by atoms with Crippen molar-refractivity contribution in [3.8, 4) is 5.88 Å². The first-order valence-corrected chi connectivity index (χ1v) is 6.57. The van der Waals surface area contributed by atoms with Crippen LogP contribution >= 0.6 is 0 Å². The molecule has 1 heterocycles. The lowest BCUT2D eigenvalue weighted by molar-refractivity contribution is 0.174. The van der Waals surface area contributed by atoms with Crippen molar-refractivity contribution in [3.63, 3.8) is 0 Å². The van der Waals surface area contributed by atoms with Crippen molar-refractivity contribution < 1.29 is 4.74 Å². The lowest BCUT2D eigenvalue weighted by atomic mass is 9.89. The zero-order valence-corrected chi connectivity index (χ0v) is 11.0. The molecule has 2 N–H and O–H groups in total. The summed E-state index contributed by atoms with van der Waals surface area (Å²) in [7, 11) is 0. The van der Waals surface area contributed by atoms with Crippen LogP contribution in [0.5, 0.6) is 5.88 Å². The summed E-state index contributed by atoms with van der Waals surface area (Å²) in [5, 5.41) is 0. The van der Waals surface area contributed by atoms with E-state index in [1.165, 1.54) is 17.5 Å². The minimum atomic E-state index is 0.0675. The summed E-state index contributed by atoms with van der Waals surface area (Å²) in [4.78, 5) is 8.16. The van der Waals surface area contributed by atoms with E-state index < -0.39 is 0 Å². The molecule has 0 saturated carbocycles. The highest BCUT2D eigenvalue weighted by Gasteiger charge is 2.22. The Balaban J connectivity index is 1.91. The first-order valence-electron chi connectivity index (χ1n) is 6.57. The number of ether oxygens (including phenoxy) is 1. The zero-order chi connectivity index (χ0) is 13.2. The molecule has 2 aromatic rings. The number of fused-ring (bicyclic) bond motifs is 1. The van der Waals surface area contributed by atoms with Crippen LogP contribution < -0.4 is 10.5 Å². The number of benzene rings is 1. The van der Waals surface area contributed by atoms with E-state index in [4.69, 9.17) is 10.5 Å². The van der Waals surface area contributed by atoms with Crippen molar-refractivity contribution in [1.29, 1.82) is 0 Å². The van der Waals surface area contributed by atoms with Crippen LogP contribution in [-0.4, -0.2) is 9.97 Å². The molecule has 1 aliphatic rings. The lowest BCUT2D eigenvalue weighted by Crippen LogP contribution is -2.16. The predicted molar refractivity (Wildman–Crippen MR) is 73.9 cm³/mol. The molecule has 0 radical (unpaired) electrons. The van der Waals surface area contributed by atoms with Gasteiger partial charge in [0.1, 0.15) is 18.2 Å². The highest BCUT2D eigenvalue weighted by Crippen LogP contribution is 2.34. The van der Waals surface area contributed by atoms with Gasteiger partial charge in [-0.25, -0.2) is 9.97 Å². The third-order valence-corrected chi connectivity index (χ3v) is 3.65. The van der Waals surface area contributed by atoms with Gasteiger partial charge in [-0.1, -0.05) is 24.3 Å². The Hall–Kier alpha value is -2.10. The molecular formula is C15H17N3O. The predicted octanol–water partition coefficient (Wildman–Crippen LogP) is 2.82. The van der Waals surface area contributed by atoms with E-state index in [-0.39, 0.29) is 6.10 Å². The Morgan fingerprint density at radius 2 is 2.11 bits per heavy atom. The van der Waals surface area contributed by atoms with Crippen LogP contribution in [0, 0.1) is 6.92 Å². The van der Waals surface area contributed by atoms with Gasteiger partial charge in [-0.15, -0.1) is 0 Å². The first-order chi connectivity index (χ1) is 9.25. The van der Waals surface area contributed by atoms with E-state index in [9.17, 15) is 0 Å². The number of nitrogens with two attached hydrogens (primary N) is 1. The fourth-order valence-corrected chi connectivity index (χ4v) is 2.53. The van der Waals surface area contributed by atoms with Gasteiger partial charge >= 0.3 is 0 Å². The fourth-order valence-electron chi connectivity index (χ4n) is 2.53. The van der Waals surface area contributed by atoms with Gasteiger partial charge in [-0.3, -0.25) is 0 Å². The molecule has 19 heavy (non-hydrogen) atoms. The molecule has 0 aliphatic heterocycles. The van der Waals surface area contributed by atoms with Gasteiger partial charge in [0.15, 0.2) is 0 Å². The summed E-state index contributed by atoms with van der Waals surface area (Å²) in [6.07, 6.45) is 4.80. The van der Waals surface area contributed by atoms with Crippen LogP contribution in [0.3, 0.4) is 0 Å². The molecule has 0 bridgehead atoms. The van der Waals surface area contributed by atoms with Crippen molar-refractivity contribution in [2.24, 2.45) is 0 Å². The average Bonchev–Trinajstić information content (AvgIpc) is 2.44. The normalized spacial score (nSPS) is 17.8. The molecular weight excluding hydrogens is 238 g/mol. The topological polar surface area (TPSA) is 61.0 Å². The highest BCUT2D eigenvalue weighted by atomic mass is 16.5. The molecule has 0 fully saturated rings. The van der Waals surface area contributed by atoms with Crippen molar-refractivity contribution in [1.82, 2.24) is 9.97 Å². The summed E-state index contributed by atoms with van der Waals surface area (Å²) in [6.45, 7) is 1.89. The van der Waals surface area contributed by atoms with E-state index in [2.05, 4.69) is 34.2 Å². The van der Waals surface area contributed by atoms with Crippen LogP contribution in [0.15, 0.2) is 30.6 Å². The van der Waals surface area contributed by atoms with Gasteiger partial charge in [0, 0.05) is 0 Å². The van der Waals surface area contributed by atoms with Gasteiger partial charge in [-0.05, 0) is 37.3 Å². The van der Waals surface area contributed by atoms with Crippen LogP contribution in [0.2, 0.25) is 0 Å². The Bertz CT molecular complexity index is 598. The van der Waals surface area contributed by atoms with Gasteiger partial charge < -0.3 is 10.5 Å². The number of hydrogen-bond donors (Lipinski definition) is 1. The molecule has 1 atom stereocenters. The quantitative estimate of drug-likeness (QED) is 0.896. The second-order valence-corrected chi connectivity index (χ2v) is 4.89. The lowest BCUT2D eigenvalue weighted by Gasteiger charge is -2.26. The van der Waals surface area contributed by atoms with Crippen LogP contribution in [-0.2, 0) is 6.42 Å². The third-order valence-electron chi connectivity index (χ3n) is 3.65. The van der Waals surface area contributed by atoms with Crippen molar-refractivity contribution in [2.45, 2.75) is 32.3 Å². The molecule has 1 unspecified atom stereocenters. The maximum absolute atomic E-state index is 6.06. The maximum Gasteiger partial charge on any atom is 0.222 e. The van der Waals surface area contributed by atoms with E-state index in [1.54, 1.807) is 0 Å². The summed E-state index contributed by atoms with van der Waals surface area (Å²) < 4.78 is 6.06. The molecule has 3 rings (SSSR count). The molecule has 98 valence electrons. The molecule has 1 aromatic heterocycles. The van der Waals surface area contributed by atoms with Gasteiger partial charge in [-0.2, -0.15) is 0 Å². The molecule has 0 spiro atoms. The molecule has 4 heteroatoms. The number of nitrogen functional groups attached to an aromatic ring is 1. The van der Waals surface area contributed by atoms with Gasteiger partial charge in [0.2, 0.25) is 5.88 Å². The van der Waals surface area contributed by atoms with Crippen molar-refractivity contribution in [2.75, 3.05) is 5.73 Å². The van der Waals surface area contributed by atoms with Crippen LogP contribution in [0.25, 0.3) is 0 Å². The number of nitrogens with zero attached hydrogens (tertiary/aromatic N) is 2. The fraction of sp³-hybridized carbons (Fsp3) is 0.333. The summed E-state index contributed by atoms with van der Waals surface area (Å²) in [6, 6.07) is 8.45. The molecule has 4 nitrogen and oxygen atoms in total. The minimum Gasteiger partial charge on any atom is -0.469 e. The summed E-state index contributed by atoms with van der Waals surface area (Å²) in [5.74, 6) is 1.07. The van der Waals surface area contributed by atoms with Crippen LogP contribution in [0.1, 0.15) is 35.6 Å². The van der Waals surface area contributed by atoms with E-state index >= 15 is 0 Å². The zero-order valence-electron chi connectivity index (χ0n) is 11.0. The number of rotatable bonds is 2. The number of aryl methyl sites for hydroxylation is 1. The number of hydrogen-bond acceptors (Lipinski definition) is 4. The average molecular weight is 255 g/mol. The van der Waals surface area contributed by atoms with Gasteiger partial charge in [0.05, 0.1) is 5.56 Å². The first kappa shape index (κ1) is 12.0. The second-order valence-electron chi connectivity index (χ2n) is 4.89. The standard InChI is InChI=1S/C15H17N3O/c1-10-14(16)17-9-18-15(10)19-13-8-4-6-11-5-2-3-7-12(11)13/h2-3,5,7,9,13H,4,6,8H2,1H3,(H2,16,17,18). The highest BCUT2D eigenvalue weighted by molar-refractivity contribution is 5.43.